The van der Waals surface area contributed by atoms with Crippen molar-refractivity contribution in [1.29, 1.82) is 0 Å². The van der Waals surface area contributed by atoms with E-state index in [1.807, 2.05) is 6.92 Å². The summed E-state index contributed by atoms with van der Waals surface area (Å²) in [6.45, 7) is 5.23. The van der Waals surface area contributed by atoms with E-state index in [-0.39, 0.29) is 23.6 Å². The van der Waals surface area contributed by atoms with E-state index in [0.717, 1.165) is 29.4 Å². The maximum atomic E-state index is 11.9. The Labute approximate surface area is 139 Å². The number of benzene rings is 1. The Morgan fingerprint density at radius 2 is 1.88 bits per heavy atom. The molecule has 1 aromatic heterocycles. The quantitative estimate of drug-likeness (QED) is 0.514. The normalized spacial score (nSPS) is 20.2. The van der Waals surface area contributed by atoms with Crippen LogP contribution >= 0.6 is 0 Å². The van der Waals surface area contributed by atoms with Crippen LogP contribution in [-0.2, 0) is 4.74 Å². The second-order valence-corrected chi connectivity index (χ2v) is 6.22. The van der Waals surface area contributed by atoms with Crippen LogP contribution in [0.1, 0.15) is 45.3 Å². The lowest BCUT2D eigenvalue weighted by atomic mass is 10.0. The summed E-state index contributed by atoms with van der Waals surface area (Å²) in [5.41, 5.74) is 3.28. The molecule has 0 radical (unpaired) electrons. The number of hydrogen-bond acceptors (Lipinski definition) is 4. The Hall–Kier alpha value is -2.95. The number of ether oxygens (including phenoxy) is 1. The van der Waals surface area contributed by atoms with Crippen LogP contribution in [-0.4, -0.2) is 20.7 Å². The molecule has 2 unspecified atom stereocenters. The van der Waals surface area contributed by atoms with Gasteiger partial charge in [-0.15, -0.1) is 0 Å². The summed E-state index contributed by atoms with van der Waals surface area (Å²) in [6.07, 6.45) is 6.12. The average molecular weight is 323 g/mol. The first-order chi connectivity index (χ1) is 11.5. The van der Waals surface area contributed by atoms with Crippen LogP contribution in [0.25, 0.3) is 5.69 Å². The lowest BCUT2D eigenvalue weighted by Gasteiger charge is -2.13. The van der Waals surface area contributed by atoms with Crippen molar-refractivity contribution in [3.8, 4) is 17.4 Å². The monoisotopic (exact) mass is 323 g/mol. The minimum atomic E-state index is -0.535. The van der Waals surface area contributed by atoms with E-state index in [9.17, 15) is 15.0 Å². The van der Waals surface area contributed by atoms with Gasteiger partial charge in [0.15, 0.2) is 0 Å². The Balaban J connectivity index is 1.88. The lowest BCUT2D eigenvalue weighted by molar-refractivity contribution is 0.0664. The van der Waals surface area contributed by atoms with Gasteiger partial charge in [-0.25, -0.2) is 4.79 Å². The standard InChI is InChI=1S/C19H17NO4/c1-3-24-19(23)13-5-4-10(2)14(9-13)20-17(21)15-11-6-7-12(8-11)16(15)18(20)22/h3-7,9,11-12,21-22H,1,8H2,2H3. The van der Waals surface area contributed by atoms with E-state index in [0.29, 0.717) is 11.3 Å². The summed E-state index contributed by atoms with van der Waals surface area (Å²) in [5.74, 6) is -0.169. The lowest BCUT2D eigenvalue weighted by Crippen LogP contribution is -2.04. The van der Waals surface area contributed by atoms with Crippen molar-refractivity contribution >= 4 is 5.97 Å². The second kappa shape index (κ2) is 5.03. The van der Waals surface area contributed by atoms with Crippen LogP contribution in [0, 0.1) is 6.92 Å². The summed E-state index contributed by atoms with van der Waals surface area (Å²) in [7, 11) is 0. The molecule has 1 aromatic carbocycles. The second-order valence-electron chi connectivity index (χ2n) is 6.22. The zero-order valence-electron chi connectivity index (χ0n) is 13.2. The SMILES string of the molecule is C=COC(=O)c1ccc(C)c(-n2c(O)c3c(c2O)C2C=CC3C2)c1. The van der Waals surface area contributed by atoms with E-state index < -0.39 is 5.97 Å². The summed E-state index contributed by atoms with van der Waals surface area (Å²) < 4.78 is 6.22. The number of allylic oxidation sites excluding steroid dienone is 2. The van der Waals surface area contributed by atoms with Gasteiger partial charge in [0.05, 0.1) is 17.5 Å². The number of aryl methyl sites for hydroxylation is 1. The smallest absolute Gasteiger partial charge is 0.342 e. The highest BCUT2D eigenvalue weighted by molar-refractivity contribution is 5.90. The van der Waals surface area contributed by atoms with Crippen LogP contribution in [0.2, 0.25) is 0 Å². The topological polar surface area (TPSA) is 71.7 Å². The summed E-state index contributed by atoms with van der Waals surface area (Å²) in [4.78, 5) is 11.9. The van der Waals surface area contributed by atoms with Gasteiger partial charge in [-0.05, 0) is 31.0 Å². The van der Waals surface area contributed by atoms with Gasteiger partial charge in [0, 0.05) is 23.0 Å². The number of carbonyl (C=O) groups is 1. The molecule has 2 atom stereocenters. The van der Waals surface area contributed by atoms with Crippen molar-refractivity contribution in [3.05, 3.63) is 65.4 Å². The molecular formula is C19H17NO4. The highest BCUT2D eigenvalue weighted by Gasteiger charge is 2.41. The van der Waals surface area contributed by atoms with Crippen LogP contribution in [0.15, 0.2) is 43.2 Å². The van der Waals surface area contributed by atoms with Gasteiger partial charge in [-0.1, -0.05) is 24.8 Å². The predicted octanol–water partition coefficient (Wildman–Crippen LogP) is 3.64. The van der Waals surface area contributed by atoms with Crippen molar-refractivity contribution in [3.63, 3.8) is 0 Å². The number of rotatable bonds is 3. The predicted molar refractivity (Wildman–Crippen MR) is 88.7 cm³/mol. The van der Waals surface area contributed by atoms with Crippen molar-refractivity contribution in [2.45, 2.75) is 25.2 Å². The minimum absolute atomic E-state index is 0.0386. The first-order valence-corrected chi connectivity index (χ1v) is 7.80. The van der Waals surface area contributed by atoms with Gasteiger partial charge in [-0.3, -0.25) is 4.57 Å². The number of fused-ring (bicyclic) bond motifs is 5. The third kappa shape index (κ3) is 1.84. The van der Waals surface area contributed by atoms with Gasteiger partial charge in [0.1, 0.15) is 0 Å². The van der Waals surface area contributed by atoms with E-state index >= 15 is 0 Å². The van der Waals surface area contributed by atoms with E-state index in [1.165, 1.54) is 4.57 Å². The molecule has 2 bridgehead atoms. The highest BCUT2D eigenvalue weighted by Crippen LogP contribution is 2.57. The molecule has 0 saturated heterocycles. The molecule has 4 rings (SSSR count). The number of carbonyl (C=O) groups excluding carboxylic acids is 1. The van der Waals surface area contributed by atoms with Gasteiger partial charge in [0.2, 0.25) is 11.8 Å². The third-order valence-corrected chi connectivity index (χ3v) is 4.90. The molecule has 122 valence electrons. The highest BCUT2D eigenvalue weighted by atomic mass is 16.5. The summed E-state index contributed by atoms with van der Waals surface area (Å²) in [5, 5.41) is 21.4. The number of hydrogen-bond donors (Lipinski definition) is 2. The largest absolute Gasteiger partial charge is 0.494 e. The van der Waals surface area contributed by atoms with Gasteiger partial charge >= 0.3 is 5.97 Å². The Bertz CT molecular complexity index is 871. The van der Waals surface area contributed by atoms with Crippen molar-refractivity contribution in [2.75, 3.05) is 0 Å². The molecule has 0 amide bonds. The van der Waals surface area contributed by atoms with E-state index in [2.05, 4.69) is 18.7 Å². The molecule has 5 nitrogen and oxygen atoms in total. The number of aromatic hydroxyl groups is 2. The molecule has 0 fully saturated rings. The molecule has 2 aliphatic carbocycles. The fourth-order valence-corrected chi connectivity index (χ4v) is 3.79. The third-order valence-electron chi connectivity index (χ3n) is 4.90. The number of nitrogens with zero attached hydrogens (tertiary/aromatic N) is 1. The van der Waals surface area contributed by atoms with Crippen molar-refractivity contribution in [1.82, 2.24) is 4.57 Å². The maximum Gasteiger partial charge on any atom is 0.342 e. The Kier molecular flexibility index (Phi) is 3.06. The fraction of sp³-hybridized carbons (Fsp3) is 0.211. The zero-order valence-corrected chi connectivity index (χ0v) is 13.2. The first kappa shape index (κ1) is 14.6. The van der Waals surface area contributed by atoms with Gasteiger partial charge in [0.25, 0.3) is 0 Å². The van der Waals surface area contributed by atoms with Crippen LogP contribution in [0.4, 0.5) is 0 Å². The molecule has 2 N–H and O–H groups in total. The van der Waals surface area contributed by atoms with Crippen LogP contribution in [0.3, 0.4) is 0 Å². The first-order valence-electron chi connectivity index (χ1n) is 7.80. The van der Waals surface area contributed by atoms with Gasteiger partial charge < -0.3 is 14.9 Å². The van der Waals surface area contributed by atoms with E-state index in [1.54, 1.807) is 18.2 Å². The summed E-state index contributed by atoms with van der Waals surface area (Å²) in [6, 6.07) is 5.00. The molecule has 1 heterocycles. The van der Waals surface area contributed by atoms with Crippen LogP contribution in [0.5, 0.6) is 11.8 Å². The Morgan fingerprint density at radius 3 is 2.46 bits per heavy atom. The Morgan fingerprint density at radius 1 is 1.25 bits per heavy atom. The zero-order chi connectivity index (χ0) is 17.0. The molecule has 2 aliphatic rings. The van der Waals surface area contributed by atoms with Crippen molar-refractivity contribution in [2.24, 2.45) is 0 Å². The van der Waals surface area contributed by atoms with E-state index in [4.69, 9.17) is 4.74 Å². The van der Waals surface area contributed by atoms with Crippen molar-refractivity contribution < 1.29 is 19.7 Å². The molecular weight excluding hydrogens is 306 g/mol. The fourth-order valence-electron chi connectivity index (χ4n) is 3.79. The number of esters is 1. The van der Waals surface area contributed by atoms with Crippen LogP contribution < -0.4 is 0 Å². The molecule has 2 aromatic rings. The molecule has 0 spiro atoms. The summed E-state index contributed by atoms with van der Waals surface area (Å²) >= 11 is 0. The maximum absolute atomic E-state index is 11.9. The molecule has 0 aliphatic heterocycles. The van der Waals surface area contributed by atoms with Gasteiger partial charge in [-0.2, -0.15) is 0 Å². The molecule has 0 saturated carbocycles. The minimum Gasteiger partial charge on any atom is -0.494 e. The molecule has 5 heteroatoms. The number of aromatic nitrogens is 1. The molecule has 24 heavy (non-hydrogen) atoms. The average Bonchev–Trinajstić information content (AvgIpc) is 3.23.